The van der Waals surface area contributed by atoms with Crippen LogP contribution in [0.25, 0.3) is 11.0 Å². The van der Waals surface area contributed by atoms with E-state index in [0.717, 1.165) is 42.8 Å². The number of hydrogen-bond acceptors (Lipinski definition) is 4. The number of fused-ring (bicyclic) bond motifs is 1. The van der Waals surface area contributed by atoms with Crippen molar-refractivity contribution >= 4 is 16.9 Å². The number of likely N-dealkylation sites (tertiary alicyclic amines) is 1. The second-order valence-corrected chi connectivity index (χ2v) is 6.44. The third-order valence-electron chi connectivity index (χ3n) is 5.03. The summed E-state index contributed by atoms with van der Waals surface area (Å²) in [4.78, 5) is 23.8. The minimum absolute atomic E-state index is 0.0193. The first kappa shape index (κ1) is 15.8. The predicted molar refractivity (Wildman–Crippen MR) is 93.8 cm³/mol. The van der Waals surface area contributed by atoms with Crippen LogP contribution in [0.3, 0.4) is 0 Å². The number of rotatable bonds is 4. The van der Waals surface area contributed by atoms with Gasteiger partial charge in [0, 0.05) is 13.1 Å². The zero-order chi connectivity index (χ0) is 17.4. The fourth-order valence-corrected chi connectivity index (χ4v) is 3.75. The molecular weight excluding hydrogens is 316 g/mol. The molecule has 3 heterocycles. The van der Waals surface area contributed by atoms with E-state index >= 15 is 0 Å². The molecule has 1 saturated heterocycles. The van der Waals surface area contributed by atoms with E-state index in [-0.39, 0.29) is 18.0 Å². The summed E-state index contributed by atoms with van der Waals surface area (Å²) in [5.41, 5.74) is 2.12. The van der Waals surface area contributed by atoms with Crippen LogP contribution in [0.2, 0.25) is 0 Å². The van der Waals surface area contributed by atoms with Crippen LogP contribution in [0, 0.1) is 0 Å². The SMILES string of the molecule is CCn1c(C2CCCN2C(=O)C(C)n2cncn2)nc2ccccc21. The summed E-state index contributed by atoms with van der Waals surface area (Å²) in [5, 5.41) is 4.11. The highest BCUT2D eigenvalue weighted by Gasteiger charge is 2.36. The molecule has 2 aromatic heterocycles. The summed E-state index contributed by atoms with van der Waals surface area (Å²) in [6.07, 6.45) is 4.99. The van der Waals surface area contributed by atoms with E-state index in [9.17, 15) is 4.79 Å². The summed E-state index contributed by atoms with van der Waals surface area (Å²) >= 11 is 0. The molecule has 3 aromatic rings. The molecule has 1 fully saturated rings. The second-order valence-electron chi connectivity index (χ2n) is 6.44. The van der Waals surface area contributed by atoms with E-state index in [4.69, 9.17) is 4.98 Å². The van der Waals surface area contributed by atoms with E-state index in [2.05, 4.69) is 27.6 Å². The van der Waals surface area contributed by atoms with Gasteiger partial charge in [-0.25, -0.2) is 14.6 Å². The van der Waals surface area contributed by atoms with Crippen molar-refractivity contribution in [3.05, 3.63) is 42.7 Å². The number of nitrogens with zero attached hydrogens (tertiary/aromatic N) is 6. The summed E-state index contributed by atoms with van der Waals surface area (Å²) in [6, 6.07) is 7.82. The van der Waals surface area contributed by atoms with Crippen LogP contribution in [-0.4, -0.2) is 41.7 Å². The number of aryl methyl sites for hydroxylation is 1. The number of carbonyl (C=O) groups is 1. The van der Waals surface area contributed by atoms with Crippen LogP contribution >= 0.6 is 0 Å². The number of para-hydroxylation sites is 2. The molecule has 0 spiro atoms. The van der Waals surface area contributed by atoms with Crippen LogP contribution in [-0.2, 0) is 11.3 Å². The van der Waals surface area contributed by atoms with Crippen molar-refractivity contribution in [2.24, 2.45) is 0 Å². The van der Waals surface area contributed by atoms with Crippen LogP contribution < -0.4 is 0 Å². The average molecular weight is 338 g/mol. The standard InChI is InChI=1S/C18H22N6O/c1-3-22-15-8-5-4-7-14(15)21-17(22)16-9-6-10-23(16)18(25)13(2)24-12-19-11-20-24/h4-5,7-8,11-13,16H,3,6,9-10H2,1-2H3. The lowest BCUT2D eigenvalue weighted by Crippen LogP contribution is -2.37. The molecule has 1 aliphatic rings. The number of benzene rings is 1. The largest absolute Gasteiger partial charge is 0.331 e. The van der Waals surface area contributed by atoms with E-state index in [1.807, 2.05) is 30.0 Å². The van der Waals surface area contributed by atoms with Crippen LogP contribution in [0.1, 0.15) is 44.6 Å². The fourth-order valence-electron chi connectivity index (χ4n) is 3.75. The molecule has 1 amide bonds. The van der Waals surface area contributed by atoms with Crippen LogP contribution in [0.4, 0.5) is 0 Å². The van der Waals surface area contributed by atoms with Crippen molar-refractivity contribution in [1.82, 2.24) is 29.2 Å². The van der Waals surface area contributed by atoms with Crippen LogP contribution in [0.5, 0.6) is 0 Å². The van der Waals surface area contributed by atoms with Gasteiger partial charge < -0.3 is 9.47 Å². The summed E-state index contributed by atoms with van der Waals surface area (Å²) in [6.45, 7) is 5.59. The van der Waals surface area contributed by atoms with Crippen molar-refractivity contribution in [2.45, 2.75) is 45.3 Å². The van der Waals surface area contributed by atoms with E-state index < -0.39 is 0 Å². The molecule has 7 nitrogen and oxygen atoms in total. The van der Waals surface area contributed by atoms with E-state index in [1.165, 1.54) is 6.33 Å². The van der Waals surface area contributed by atoms with Gasteiger partial charge in [-0.3, -0.25) is 4.79 Å². The van der Waals surface area contributed by atoms with Crippen LogP contribution in [0.15, 0.2) is 36.9 Å². The zero-order valence-corrected chi connectivity index (χ0v) is 14.5. The maximum Gasteiger partial charge on any atom is 0.247 e. The number of imidazole rings is 1. The lowest BCUT2D eigenvalue weighted by molar-refractivity contribution is -0.135. The van der Waals surface area contributed by atoms with Gasteiger partial charge in [0.25, 0.3) is 0 Å². The van der Waals surface area contributed by atoms with E-state index in [0.29, 0.717) is 0 Å². The first-order chi connectivity index (χ1) is 12.2. The van der Waals surface area contributed by atoms with Gasteiger partial charge in [-0.05, 0) is 38.8 Å². The topological polar surface area (TPSA) is 68.8 Å². The molecule has 0 saturated carbocycles. The molecule has 0 radical (unpaired) electrons. The van der Waals surface area contributed by atoms with Gasteiger partial charge in [-0.2, -0.15) is 5.10 Å². The van der Waals surface area contributed by atoms with Crippen molar-refractivity contribution in [3.63, 3.8) is 0 Å². The molecule has 1 aromatic carbocycles. The Bertz CT molecular complexity index is 884. The molecule has 0 aliphatic carbocycles. The van der Waals surface area contributed by atoms with E-state index in [1.54, 1.807) is 11.0 Å². The molecule has 2 unspecified atom stereocenters. The molecule has 0 bridgehead atoms. The summed E-state index contributed by atoms with van der Waals surface area (Å²) in [5.74, 6) is 1.06. The Morgan fingerprint density at radius 3 is 2.96 bits per heavy atom. The van der Waals surface area contributed by atoms with Crippen molar-refractivity contribution in [2.75, 3.05) is 6.54 Å². The molecule has 1 aliphatic heterocycles. The highest BCUT2D eigenvalue weighted by molar-refractivity contribution is 5.81. The Balaban J connectivity index is 1.69. The fraction of sp³-hybridized carbons (Fsp3) is 0.444. The lowest BCUT2D eigenvalue weighted by Gasteiger charge is -2.27. The quantitative estimate of drug-likeness (QED) is 0.733. The first-order valence-electron chi connectivity index (χ1n) is 8.80. The Morgan fingerprint density at radius 1 is 1.36 bits per heavy atom. The minimum atomic E-state index is -0.359. The van der Waals surface area contributed by atoms with Gasteiger partial charge in [0.15, 0.2) is 0 Å². The van der Waals surface area contributed by atoms with Gasteiger partial charge in [0.1, 0.15) is 24.5 Å². The molecule has 25 heavy (non-hydrogen) atoms. The summed E-state index contributed by atoms with van der Waals surface area (Å²) in [7, 11) is 0. The molecule has 7 heteroatoms. The maximum atomic E-state index is 13.0. The average Bonchev–Trinajstić information content (AvgIpc) is 3.38. The van der Waals surface area contributed by atoms with Gasteiger partial charge in [0.2, 0.25) is 5.91 Å². The number of amides is 1. The Hall–Kier alpha value is -2.70. The predicted octanol–water partition coefficient (Wildman–Crippen LogP) is 2.57. The van der Waals surface area contributed by atoms with Crippen molar-refractivity contribution < 1.29 is 4.79 Å². The normalized spacial score (nSPS) is 18.8. The van der Waals surface area contributed by atoms with Gasteiger partial charge in [-0.1, -0.05) is 12.1 Å². The number of carbonyl (C=O) groups excluding carboxylic acids is 1. The van der Waals surface area contributed by atoms with Gasteiger partial charge >= 0.3 is 0 Å². The molecule has 0 N–H and O–H groups in total. The van der Waals surface area contributed by atoms with Crippen molar-refractivity contribution in [3.8, 4) is 0 Å². The third-order valence-corrected chi connectivity index (χ3v) is 5.03. The Kier molecular flexibility index (Phi) is 3.99. The highest BCUT2D eigenvalue weighted by atomic mass is 16.2. The highest BCUT2D eigenvalue weighted by Crippen LogP contribution is 2.34. The number of hydrogen-bond donors (Lipinski definition) is 0. The third kappa shape index (κ3) is 2.59. The minimum Gasteiger partial charge on any atom is -0.331 e. The monoisotopic (exact) mass is 338 g/mol. The summed E-state index contributed by atoms with van der Waals surface area (Å²) < 4.78 is 3.84. The molecule has 130 valence electrons. The van der Waals surface area contributed by atoms with Gasteiger partial charge in [-0.15, -0.1) is 0 Å². The Morgan fingerprint density at radius 2 is 2.20 bits per heavy atom. The second kappa shape index (κ2) is 6.31. The number of aromatic nitrogens is 5. The molecule has 4 rings (SSSR count). The zero-order valence-electron chi connectivity index (χ0n) is 14.5. The maximum absolute atomic E-state index is 13.0. The Labute approximate surface area is 146 Å². The van der Waals surface area contributed by atoms with Crippen molar-refractivity contribution in [1.29, 1.82) is 0 Å². The smallest absolute Gasteiger partial charge is 0.247 e. The lowest BCUT2D eigenvalue weighted by atomic mass is 10.2. The molecule has 2 atom stereocenters. The van der Waals surface area contributed by atoms with Gasteiger partial charge in [0.05, 0.1) is 17.1 Å². The first-order valence-corrected chi connectivity index (χ1v) is 8.80. The molecular formula is C18H22N6O.